The highest BCUT2D eigenvalue weighted by Crippen LogP contribution is 2.32. The smallest absolute Gasteiger partial charge is 0.231 e. The summed E-state index contributed by atoms with van der Waals surface area (Å²) in [6.07, 6.45) is 3.63. The molecule has 3 heteroatoms. The third kappa shape index (κ3) is 1.85. The molecule has 0 amide bonds. The molecule has 1 aromatic rings. The van der Waals surface area contributed by atoms with Crippen LogP contribution >= 0.6 is 0 Å². The fraction of sp³-hybridized carbons (Fsp3) is 0.455. The van der Waals surface area contributed by atoms with Crippen LogP contribution in [0.3, 0.4) is 0 Å². The van der Waals surface area contributed by atoms with Crippen LogP contribution in [0.15, 0.2) is 12.1 Å². The van der Waals surface area contributed by atoms with E-state index in [1.54, 1.807) is 13.2 Å². The van der Waals surface area contributed by atoms with Gasteiger partial charge in [-0.05, 0) is 37.3 Å². The first kappa shape index (κ1) is 9.01. The number of hydrogen-bond donors (Lipinski definition) is 0. The minimum absolute atomic E-state index is 0.450. The maximum Gasteiger partial charge on any atom is 0.231 e. The molecule has 0 aromatic carbocycles. The first-order chi connectivity index (χ1) is 6.83. The Hall–Kier alpha value is -1.56. The lowest BCUT2D eigenvalue weighted by molar-refractivity contribution is 0.394. The maximum absolute atomic E-state index is 8.76. The van der Waals surface area contributed by atoms with Crippen LogP contribution in [-0.4, -0.2) is 12.1 Å². The van der Waals surface area contributed by atoms with Crippen LogP contribution in [-0.2, 0) is 6.42 Å². The fourth-order valence-corrected chi connectivity index (χ4v) is 1.45. The number of rotatable bonds is 3. The van der Waals surface area contributed by atoms with Crippen LogP contribution in [0.25, 0.3) is 0 Å². The number of pyridine rings is 1. The zero-order chi connectivity index (χ0) is 9.97. The van der Waals surface area contributed by atoms with Gasteiger partial charge in [-0.15, -0.1) is 0 Å². The largest absolute Gasteiger partial charge is 0.480 e. The average Bonchev–Trinajstić information content (AvgIpc) is 3.01. The highest BCUT2D eigenvalue weighted by Gasteiger charge is 2.22. The summed E-state index contributed by atoms with van der Waals surface area (Å²) < 4.78 is 5.05. The van der Waals surface area contributed by atoms with Gasteiger partial charge >= 0.3 is 0 Å². The van der Waals surface area contributed by atoms with Crippen molar-refractivity contribution < 1.29 is 4.74 Å². The van der Waals surface area contributed by atoms with Crippen LogP contribution in [0.2, 0.25) is 0 Å². The van der Waals surface area contributed by atoms with Gasteiger partial charge in [0.05, 0.1) is 7.11 Å². The van der Waals surface area contributed by atoms with E-state index in [1.165, 1.54) is 12.8 Å². The van der Waals surface area contributed by atoms with Crippen molar-refractivity contribution in [3.8, 4) is 11.9 Å². The molecule has 0 saturated heterocycles. The number of nitrogens with zero attached hydrogens (tertiary/aromatic N) is 2. The monoisotopic (exact) mass is 188 g/mol. The van der Waals surface area contributed by atoms with E-state index in [0.29, 0.717) is 11.4 Å². The summed E-state index contributed by atoms with van der Waals surface area (Å²) in [6, 6.07) is 5.75. The molecule has 0 bridgehead atoms. The Bertz CT molecular complexity index is 377. The highest BCUT2D eigenvalue weighted by molar-refractivity contribution is 5.38. The Labute approximate surface area is 83.3 Å². The average molecular weight is 188 g/mol. The molecule has 1 aliphatic rings. The van der Waals surface area contributed by atoms with Crippen LogP contribution in [0, 0.1) is 17.2 Å². The molecule has 0 unspecified atom stereocenters. The van der Waals surface area contributed by atoms with E-state index in [-0.39, 0.29) is 0 Å². The van der Waals surface area contributed by atoms with Crippen LogP contribution in [0.5, 0.6) is 5.88 Å². The van der Waals surface area contributed by atoms with Crippen LogP contribution in [0.1, 0.15) is 24.1 Å². The topological polar surface area (TPSA) is 45.9 Å². The van der Waals surface area contributed by atoms with E-state index < -0.39 is 0 Å². The molecule has 72 valence electrons. The molecule has 0 radical (unpaired) electrons. The molecule has 0 spiro atoms. The molecule has 2 rings (SSSR count). The molecule has 0 atom stereocenters. The number of methoxy groups -OCH3 is 1. The summed E-state index contributed by atoms with van der Waals surface area (Å²) in [7, 11) is 1.55. The molecule has 0 N–H and O–H groups in total. The Morgan fingerprint density at radius 2 is 2.36 bits per heavy atom. The second-order valence-electron chi connectivity index (χ2n) is 3.62. The van der Waals surface area contributed by atoms with Gasteiger partial charge in [0.25, 0.3) is 0 Å². The molecule has 3 nitrogen and oxygen atoms in total. The van der Waals surface area contributed by atoms with Crippen molar-refractivity contribution >= 4 is 0 Å². The van der Waals surface area contributed by atoms with Gasteiger partial charge in [-0.25, -0.2) is 4.98 Å². The Kier molecular flexibility index (Phi) is 2.36. The van der Waals surface area contributed by atoms with E-state index in [4.69, 9.17) is 10.00 Å². The summed E-state index contributed by atoms with van der Waals surface area (Å²) in [5, 5.41) is 8.76. The van der Waals surface area contributed by atoms with Gasteiger partial charge in [0.2, 0.25) is 5.88 Å². The normalized spacial score (nSPS) is 14.9. The first-order valence-corrected chi connectivity index (χ1v) is 4.77. The molecule has 1 aromatic heterocycles. The molecule has 1 fully saturated rings. The lowest BCUT2D eigenvalue weighted by atomic mass is 10.2. The van der Waals surface area contributed by atoms with Crippen molar-refractivity contribution in [1.29, 1.82) is 5.26 Å². The maximum atomic E-state index is 8.76. The van der Waals surface area contributed by atoms with E-state index in [0.717, 1.165) is 18.0 Å². The zero-order valence-corrected chi connectivity index (χ0v) is 8.16. The summed E-state index contributed by atoms with van der Waals surface area (Å²) in [4.78, 5) is 4.30. The number of aromatic nitrogens is 1. The highest BCUT2D eigenvalue weighted by atomic mass is 16.5. The third-order valence-electron chi connectivity index (χ3n) is 2.43. The van der Waals surface area contributed by atoms with Gasteiger partial charge in [-0.2, -0.15) is 5.26 Å². The molecular formula is C11H12N2O. The summed E-state index contributed by atoms with van der Waals surface area (Å²) in [5.41, 5.74) is 1.54. The van der Waals surface area contributed by atoms with E-state index in [1.807, 2.05) is 6.07 Å². The lowest BCUT2D eigenvalue weighted by Gasteiger charge is -2.04. The van der Waals surface area contributed by atoms with E-state index >= 15 is 0 Å². The molecular weight excluding hydrogens is 176 g/mol. The predicted molar refractivity (Wildman–Crippen MR) is 51.9 cm³/mol. The van der Waals surface area contributed by atoms with Gasteiger partial charge in [0.1, 0.15) is 11.6 Å². The Balaban J connectivity index is 2.22. The van der Waals surface area contributed by atoms with Crippen LogP contribution in [0.4, 0.5) is 0 Å². The van der Waals surface area contributed by atoms with Gasteiger partial charge < -0.3 is 4.74 Å². The zero-order valence-electron chi connectivity index (χ0n) is 8.16. The summed E-state index contributed by atoms with van der Waals surface area (Å²) >= 11 is 0. The predicted octanol–water partition coefficient (Wildman–Crippen LogP) is 1.91. The number of nitriles is 1. The van der Waals surface area contributed by atoms with Crippen molar-refractivity contribution in [2.45, 2.75) is 19.3 Å². The van der Waals surface area contributed by atoms with Crippen molar-refractivity contribution in [3.05, 3.63) is 23.4 Å². The summed E-state index contributed by atoms with van der Waals surface area (Å²) in [6.45, 7) is 0. The minimum Gasteiger partial charge on any atom is -0.480 e. The molecule has 1 aliphatic carbocycles. The SMILES string of the molecule is COc1nc(CC2CC2)ccc1C#N. The quantitative estimate of drug-likeness (QED) is 0.727. The first-order valence-electron chi connectivity index (χ1n) is 4.77. The van der Waals surface area contributed by atoms with E-state index in [2.05, 4.69) is 11.1 Å². The van der Waals surface area contributed by atoms with Gasteiger partial charge in [0, 0.05) is 5.69 Å². The summed E-state index contributed by atoms with van der Waals surface area (Å²) in [5.74, 6) is 1.26. The van der Waals surface area contributed by atoms with Crippen molar-refractivity contribution in [1.82, 2.24) is 4.98 Å². The van der Waals surface area contributed by atoms with Gasteiger partial charge in [0.15, 0.2) is 0 Å². The molecule has 1 heterocycles. The Morgan fingerprint density at radius 1 is 1.57 bits per heavy atom. The number of hydrogen-bond acceptors (Lipinski definition) is 3. The third-order valence-corrected chi connectivity index (χ3v) is 2.43. The molecule has 1 saturated carbocycles. The second kappa shape index (κ2) is 3.67. The fourth-order valence-electron chi connectivity index (χ4n) is 1.45. The van der Waals surface area contributed by atoms with Crippen molar-refractivity contribution in [2.24, 2.45) is 5.92 Å². The lowest BCUT2D eigenvalue weighted by Crippen LogP contribution is -1.97. The molecule has 14 heavy (non-hydrogen) atoms. The minimum atomic E-state index is 0.450. The number of ether oxygens (including phenoxy) is 1. The molecule has 0 aliphatic heterocycles. The van der Waals surface area contributed by atoms with Crippen LogP contribution < -0.4 is 4.74 Å². The second-order valence-corrected chi connectivity index (χ2v) is 3.62. The van der Waals surface area contributed by atoms with Crippen molar-refractivity contribution in [2.75, 3.05) is 7.11 Å². The standard InChI is InChI=1S/C11H12N2O/c1-14-11-9(7-12)4-5-10(13-11)6-8-2-3-8/h4-5,8H,2-3,6H2,1H3. The van der Waals surface area contributed by atoms with Gasteiger partial charge in [-0.3, -0.25) is 0 Å². The van der Waals surface area contributed by atoms with Gasteiger partial charge in [-0.1, -0.05) is 0 Å². The van der Waals surface area contributed by atoms with E-state index in [9.17, 15) is 0 Å². The Morgan fingerprint density at radius 3 is 2.93 bits per heavy atom. The van der Waals surface area contributed by atoms with Crippen molar-refractivity contribution in [3.63, 3.8) is 0 Å².